The zero-order valence-corrected chi connectivity index (χ0v) is 16.3. The van der Waals surface area contributed by atoms with Crippen LogP contribution < -0.4 is 15.1 Å². The van der Waals surface area contributed by atoms with E-state index >= 15 is 0 Å². The summed E-state index contributed by atoms with van der Waals surface area (Å²) in [6.45, 7) is 0.736. The highest BCUT2D eigenvalue weighted by Gasteiger charge is 2.36. The fourth-order valence-corrected chi connectivity index (χ4v) is 4.02. The van der Waals surface area contributed by atoms with Crippen molar-refractivity contribution in [2.75, 3.05) is 28.2 Å². The molecule has 0 radical (unpaired) electrons. The standard InChI is InChI=1S/C21H19ClFN3O3/c22-15-11-14(7-8-17(15)25-9-3-6-19(25)27)24-21(29)13-10-20(28)26(12-13)18-5-2-1-4-16(18)23/h1-2,4-5,7-8,11,13H,3,6,9-10,12H2,(H,24,29)/t13-/m0/s1. The number of halogens is 2. The number of carbonyl (C=O) groups is 3. The quantitative estimate of drug-likeness (QED) is 0.829. The zero-order valence-electron chi connectivity index (χ0n) is 15.5. The van der Waals surface area contributed by atoms with Gasteiger partial charge in [-0.25, -0.2) is 4.39 Å². The Bertz CT molecular complexity index is 997. The third-order valence-corrected chi connectivity index (χ3v) is 5.52. The third-order valence-electron chi connectivity index (χ3n) is 5.22. The maximum atomic E-state index is 14.0. The maximum absolute atomic E-state index is 14.0. The number of hydrogen-bond donors (Lipinski definition) is 1. The van der Waals surface area contributed by atoms with E-state index in [2.05, 4.69) is 5.32 Å². The summed E-state index contributed by atoms with van der Waals surface area (Å²) in [5, 5.41) is 3.13. The molecule has 0 unspecified atom stereocenters. The molecule has 2 aliphatic heterocycles. The van der Waals surface area contributed by atoms with Gasteiger partial charge in [-0.3, -0.25) is 14.4 Å². The van der Waals surface area contributed by atoms with E-state index in [1.165, 1.54) is 17.0 Å². The largest absolute Gasteiger partial charge is 0.326 e. The van der Waals surface area contributed by atoms with Gasteiger partial charge in [-0.05, 0) is 36.8 Å². The minimum absolute atomic E-state index is 0.00820. The van der Waals surface area contributed by atoms with E-state index in [0.717, 1.165) is 6.42 Å². The number of benzene rings is 2. The first-order chi connectivity index (χ1) is 13.9. The second-order valence-electron chi connectivity index (χ2n) is 7.16. The minimum atomic E-state index is -0.597. The Morgan fingerprint density at radius 1 is 1.07 bits per heavy atom. The van der Waals surface area contributed by atoms with Gasteiger partial charge in [-0.1, -0.05) is 23.7 Å². The van der Waals surface area contributed by atoms with Crippen LogP contribution in [0.1, 0.15) is 19.3 Å². The molecule has 0 bridgehead atoms. The van der Waals surface area contributed by atoms with Crippen LogP contribution in [0, 0.1) is 11.7 Å². The van der Waals surface area contributed by atoms with Crippen LogP contribution in [-0.4, -0.2) is 30.8 Å². The summed E-state index contributed by atoms with van der Waals surface area (Å²) in [6.07, 6.45) is 1.30. The zero-order chi connectivity index (χ0) is 20.5. The normalized spacial score (nSPS) is 19.2. The Morgan fingerprint density at radius 3 is 2.55 bits per heavy atom. The molecule has 2 aliphatic rings. The fraction of sp³-hybridized carbons (Fsp3) is 0.286. The molecule has 6 nitrogen and oxygen atoms in total. The van der Waals surface area contributed by atoms with Gasteiger partial charge in [0, 0.05) is 31.6 Å². The summed E-state index contributed by atoms with van der Waals surface area (Å²) in [4.78, 5) is 39.8. The smallest absolute Gasteiger partial charge is 0.229 e. The predicted molar refractivity (Wildman–Crippen MR) is 109 cm³/mol. The van der Waals surface area contributed by atoms with Gasteiger partial charge in [0.15, 0.2) is 0 Å². The average Bonchev–Trinajstić information content (AvgIpc) is 3.28. The third kappa shape index (κ3) is 3.82. The van der Waals surface area contributed by atoms with Gasteiger partial charge in [-0.15, -0.1) is 0 Å². The highest BCUT2D eigenvalue weighted by molar-refractivity contribution is 6.34. The van der Waals surface area contributed by atoms with Crippen molar-refractivity contribution >= 4 is 46.4 Å². The molecule has 2 saturated heterocycles. The number of carbonyl (C=O) groups excluding carboxylic acids is 3. The van der Waals surface area contributed by atoms with Gasteiger partial charge in [0.25, 0.3) is 0 Å². The van der Waals surface area contributed by atoms with Gasteiger partial charge in [0.1, 0.15) is 5.82 Å². The molecular formula is C21H19ClFN3O3. The molecule has 2 heterocycles. The van der Waals surface area contributed by atoms with Gasteiger partial charge in [-0.2, -0.15) is 0 Å². The molecule has 1 N–H and O–H groups in total. The Morgan fingerprint density at radius 2 is 1.86 bits per heavy atom. The molecule has 2 aromatic rings. The van der Waals surface area contributed by atoms with Gasteiger partial charge < -0.3 is 15.1 Å². The van der Waals surface area contributed by atoms with Crippen molar-refractivity contribution in [3.8, 4) is 0 Å². The van der Waals surface area contributed by atoms with E-state index in [1.54, 1.807) is 35.2 Å². The fourth-order valence-electron chi connectivity index (χ4n) is 3.74. The van der Waals surface area contributed by atoms with E-state index in [9.17, 15) is 18.8 Å². The molecule has 0 aromatic heterocycles. The Balaban J connectivity index is 1.45. The molecule has 8 heteroatoms. The molecule has 0 spiro atoms. The highest BCUT2D eigenvalue weighted by Crippen LogP contribution is 2.32. The van der Waals surface area contributed by atoms with Gasteiger partial charge in [0.2, 0.25) is 17.7 Å². The summed E-state index contributed by atoms with van der Waals surface area (Å²) < 4.78 is 14.0. The van der Waals surface area contributed by atoms with Crippen LogP contribution in [0.4, 0.5) is 21.5 Å². The Labute approximate surface area is 172 Å². The van der Waals surface area contributed by atoms with Crippen LogP contribution >= 0.6 is 11.6 Å². The van der Waals surface area contributed by atoms with Crippen molar-refractivity contribution in [2.45, 2.75) is 19.3 Å². The molecule has 0 saturated carbocycles. The lowest BCUT2D eigenvalue weighted by Gasteiger charge is -2.19. The number of para-hydroxylation sites is 1. The van der Waals surface area contributed by atoms with Crippen molar-refractivity contribution in [1.82, 2.24) is 0 Å². The lowest BCUT2D eigenvalue weighted by atomic mass is 10.1. The minimum Gasteiger partial charge on any atom is -0.326 e. The molecular weight excluding hydrogens is 397 g/mol. The second-order valence-corrected chi connectivity index (χ2v) is 7.57. The molecule has 2 fully saturated rings. The first-order valence-electron chi connectivity index (χ1n) is 9.39. The lowest BCUT2D eigenvalue weighted by molar-refractivity contribution is -0.122. The first kappa shape index (κ1) is 19.4. The number of nitrogens with zero attached hydrogens (tertiary/aromatic N) is 2. The van der Waals surface area contributed by atoms with Crippen LogP contribution in [0.2, 0.25) is 5.02 Å². The molecule has 150 valence electrons. The highest BCUT2D eigenvalue weighted by atomic mass is 35.5. The summed E-state index contributed by atoms with van der Waals surface area (Å²) in [6, 6.07) is 11.0. The number of rotatable bonds is 4. The summed E-state index contributed by atoms with van der Waals surface area (Å²) in [5.41, 5.74) is 1.27. The SMILES string of the molecule is O=C(Nc1ccc(N2CCCC2=O)c(Cl)c1)[C@H]1CC(=O)N(c2ccccc2F)C1. The Hall–Kier alpha value is -2.93. The van der Waals surface area contributed by atoms with Crippen molar-refractivity contribution in [1.29, 1.82) is 0 Å². The number of nitrogens with one attached hydrogen (secondary N) is 1. The van der Waals surface area contributed by atoms with Crippen molar-refractivity contribution in [3.63, 3.8) is 0 Å². The molecule has 1 atom stereocenters. The van der Waals surface area contributed by atoms with Crippen LogP contribution in [-0.2, 0) is 14.4 Å². The number of anilines is 3. The van der Waals surface area contributed by atoms with Crippen molar-refractivity contribution in [3.05, 3.63) is 53.3 Å². The monoisotopic (exact) mass is 415 g/mol. The van der Waals surface area contributed by atoms with E-state index in [1.807, 2.05) is 0 Å². The summed E-state index contributed by atoms with van der Waals surface area (Å²) in [5.74, 6) is -1.70. The van der Waals surface area contributed by atoms with Gasteiger partial charge >= 0.3 is 0 Å². The van der Waals surface area contributed by atoms with Gasteiger partial charge in [0.05, 0.1) is 22.3 Å². The predicted octanol–water partition coefficient (Wildman–Crippen LogP) is 3.60. The Kier molecular flexibility index (Phi) is 5.24. The van der Waals surface area contributed by atoms with E-state index in [4.69, 9.17) is 11.6 Å². The molecule has 3 amide bonds. The summed E-state index contributed by atoms with van der Waals surface area (Å²) >= 11 is 6.31. The molecule has 0 aliphatic carbocycles. The first-order valence-corrected chi connectivity index (χ1v) is 9.77. The van der Waals surface area contributed by atoms with E-state index < -0.39 is 11.7 Å². The average molecular weight is 416 g/mol. The lowest BCUT2D eigenvalue weighted by Crippen LogP contribution is -2.28. The van der Waals surface area contributed by atoms with Crippen LogP contribution in [0.5, 0.6) is 0 Å². The molecule has 4 rings (SSSR count). The number of amides is 3. The van der Waals surface area contributed by atoms with E-state index in [-0.39, 0.29) is 36.4 Å². The topological polar surface area (TPSA) is 69.7 Å². The molecule has 2 aromatic carbocycles. The van der Waals surface area contributed by atoms with Crippen molar-refractivity contribution < 1.29 is 18.8 Å². The van der Waals surface area contributed by atoms with E-state index in [0.29, 0.717) is 29.4 Å². The number of hydrogen-bond acceptors (Lipinski definition) is 3. The van der Waals surface area contributed by atoms with Crippen molar-refractivity contribution in [2.24, 2.45) is 5.92 Å². The van der Waals surface area contributed by atoms with Crippen LogP contribution in [0.25, 0.3) is 0 Å². The molecule has 29 heavy (non-hydrogen) atoms. The summed E-state index contributed by atoms with van der Waals surface area (Å²) in [7, 11) is 0. The second kappa shape index (κ2) is 7.83. The van der Waals surface area contributed by atoms with Crippen LogP contribution in [0.3, 0.4) is 0 Å². The van der Waals surface area contributed by atoms with Crippen LogP contribution in [0.15, 0.2) is 42.5 Å². The maximum Gasteiger partial charge on any atom is 0.229 e.